The normalized spacial score (nSPS) is 22.8. The maximum atomic E-state index is 2.79. The van der Waals surface area contributed by atoms with Crippen molar-refractivity contribution in [1.29, 1.82) is 0 Å². The van der Waals surface area contributed by atoms with Gasteiger partial charge in [-0.05, 0) is 158 Å². The van der Waals surface area contributed by atoms with E-state index in [1.165, 1.54) is 94.0 Å². The van der Waals surface area contributed by atoms with Crippen molar-refractivity contribution in [2.45, 2.75) is 136 Å². The van der Waals surface area contributed by atoms with E-state index in [0.717, 1.165) is 44.9 Å². The van der Waals surface area contributed by atoms with Gasteiger partial charge in [0, 0.05) is 39.3 Å². The van der Waals surface area contributed by atoms with Crippen LogP contribution in [0.15, 0.2) is 145 Å². The fourth-order valence-electron chi connectivity index (χ4n) is 12.4. The smallest absolute Gasteiger partial charge is 0.0625 e. The first-order chi connectivity index (χ1) is 31.2. The van der Waals surface area contributed by atoms with E-state index >= 15 is 0 Å². The molecule has 0 spiro atoms. The highest BCUT2D eigenvalue weighted by Crippen LogP contribution is 2.52. The van der Waals surface area contributed by atoms with Gasteiger partial charge in [0.25, 0.3) is 0 Å². The van der Waals surface area contributed by atoms with Crippen LogP contribution in [0.25, 0.3) is 33.3 Å². The number of rotatable bonds is 7. The van der Waals surface area contributed by atoms with Gasteiger partial charge >= 0.3 is 0 Å². The number of aryl methyl sites for hydroxylation is 1. The van der Waals surface area contributed by atoms with Crippen LogP contribution in [0.1, 0.15) is 134 Å². The zero-order valence-corrected chi connectivity index (χ0v) is 40.4. The molecule has 0 radical (unpaired) electrons. The highest BCUT2D eigenvalue weighted by molar-refractivity contribution is 6.19. The average molecular weight is 853 g/mol. The molecule has 0 aromatic heterocycles. The van der Waals surface area contributed by atoms with Crippen molar-refractivity contribution < 1.29 is 0 Å². The Morgan fingerprint density at radius 1 is 0.738 bits per heavy atom. The summed E-state index contributed by atoms with van der Waals surface area (Å²) in [7, 11) is 0. The summed E-state index contributed by atoms with van der Waals surface area (Å²) in [6.07, 6.45) is 36.0. The lowest BCUT2D eigenvalue weighted by Gasteiger charge is -2.43. The first-order valence-electron chi connectivity index (χ1n) is 24.9. The van der Waals surface area contributed by atoms with Crippen LogP contribution >= 0.6 is 0 Å². The summed E-state index contributed by atoms with van der Waals surface area (Å²) in [5.41, 5.74) is 17.3. The van der Waals surface area contributed by atoms with Gasteiger partial charge in [0.05, 0.1) is 12.1 Å². The predicted molar refractivity (Wildman–Crippen MR) is 280 cm³/mol. The predicted octanol–water partition coefficient (Wildman–Crippen LogP) is 15.8. The van der Waals surface area contributed by atoms with Gasteiger partial charge in [-0.25, -0.2) is 0 Å². The van der Waals surface area contributed by atoms with E-state index in [1.54, 1.807) is 0 Å². The van der Waals surface area contributed by atoms with E-state index in [1.807, 2.05) is 0 Å². The molecule has 11 rings (SSSR count). The van der Waals surface area contributed by atoms with E-state index < -0.39 is 0 Å². The van der Waals surface area contributed by atoms with Gasteiger partial charge in [0.1, 0.15) is 0 Å². The second-order valence-corrected chi connectivity index (χ2v) is 22.7. The van der Waals surface area contributed by atoms with E-state index in [-0.39, 0.29) is 34.2 Å². The number of anilines is 3. The number of allylic oxidation sites excluding steroid dienone is 8. The van der Waals surface area contributed by atoms with Crippen molar-refractivity contribution in [2.75, 3.05) is 9.80 Å². The van der Waals surface area contributed by atoms with E-state index in [9.17, 15) is 0 Å². The van der Waals surface area contributed by atoms with Crippen LogP contribution in [0.3, 0.4) is 0 Å². The lowest BCUT2D eigenvalue weighted by molar-refractivity contribution is 0.474. The van der Waals surface area contributed by atoms with Gasteiger partial charge in [-0.15, -0.1) is 0 Å². The summed E-state index contributed by atoms with van der Waals surface area (Å²) in [4.78, 5) is 5.57. The van der Waals surface area contributed by atoms with E-state index in [4.69, 9.17) is 0 Å². The Kier molecular flexibility index (Phi) is 10.0. The van der Waals surface area contributed by atoms with Crippen molar-refractivity contribution in [1.82, 2.24) is 0 Å². The fourth-order valence-corrected chi connectivity index (χ4v) is 12.4. The van der Waals surface area contributed by atoms with Crippen LogP contribution in [-0.4, -0.2) is 12.1 Å². The summed E-state index contributed by atoms with van der Waals surface area (Å²) in [5.74, 6) is 0.674. The maximum absolute atomic E-state index is 2.79. The number of fused-ring (bicyclic) bond motifs is 2. The molecule has 4 unspecified atom stereocenters. The molecule has 0 amide bonds. The largest absolute Gasteiger partial charge is 0.337 e. The molecule has 0 heterocycles. The highest BCUT2D eigenvalue weighted by atomic mass is 15.2. The third kappa shape index (κ3) is 6.96. The molecule has 0 saturated heterocycles. The minimum Gasteiger partial charge on any atom is -0.337 e. The van der Waals surface area contributed by atoms with Gasteiger partial charge in [0.15, 0.2) is 0 Å². The molecule has 5 aromatic rings. The highest BCUT2D eigenvalue weighted by Gasteiger charge is 2.38. The molecule has 0 fully saturated rings. The SMILES string of the molecule is CCC1CC(N(c2ccc(C(C)(C)C)cc2)C2C=CC=C3C=CC=CC32)=c2cc3c4c(cc(N(c5cccc6c5CCC=C6)C5C=CC(C(C)(C)C)=CC5)c5ccc1c2c54)CCC3(C)C. The molecule has 0 bridgehead atoms. The number of benzene rings is 5. The molecule has 5 aromatic carbocycles. The molecule has 330 valence electrons. The molecule has 0 saturated carbocycles. The zero-order valence-electron chi connectivity index (χ0n) is 40.4. The van der Waals surface area contributed by atoms with Crippen molar-refractivity contribution in [2.24, 2.45) is 11.3 Å². The molecule has 0 N–H and O–H groups in total. The van der Waals surface area contributed by atoms with Crippen molar-refractivity contribution in [3.05, 3.63) is 183 Å². The Labute approximate surface area is 389 Å². The average Bonchev–Trinajstić information content (AvgIpc) is 3.30. The van der Waals surface area contributed by atoms with Gasteiger partial charge in [-0.3, -0.25) is 0 Å². The zero-order chi connectivity index (χ0) is 45.0. The lowest BCUT2D eigenvalue weighted by Crippen LogP contribution is -2.43. The Morgan fingerprint density at radius 3 is 2.32 bits per heavy atom. The summed E-state index contributed by atoms with van der Waals surface area (Å²) >= 11 is 0. The number of nitrogens with zero attached hydrogens (tertiary/aromatic N) is 2. The minimum absolute atomic E-state index is 0.0381. The molecule has 2 nitrogen and oxygen atoms in total. The lowest BCUT2D eigenvalue weighted by atomic mass is 9.69. The second-order valence-electron chi connectivity index (χ2n) is 22.7. The van der Waals surface area contributed by atoms with Gasteiger partial charge in [-0.2, -0.15) is 0 Å². The first kappa shape index (κ1) is 42.1. The monoisotopic (exact) mass is 853 g/mol. The Hall–Kier alpha value is -5.60. The minimum atomic E-state index is 0.0381. The van der Waals surface area contributed by atoms with Crippen molar-refractivity contribution >= 4 is 50.4 Å². The van der Waals surface area contributed by atoms with Crippen LogP contribution in [0.4, 0.5) is 17.1 Å². The number of hydrogen-bond donors (Lipinski definition) is 0. The van der Waals surface area contributed by atoms with Crippen molar-refractivity contribution in [3.63, 3.8) is 0 Å². The van der Waals surface area contributed by atoms with Crippen LogP contribution in [0.5, 0.6) is 0 Å². The van der Waals surface area contributed by atoms with Gasteiger partial charge in [-0.1, -0.05) is 172 Å². The van der Waals surface area contributed by atoms with Gasteiger partial charge in [0.2, 0.25) is 0 Å². The van der Waals surface area contributed by atoms with Crippen LogP contribution in [0.2, 0.25) is 0 Å². The Morgan fingerprint density at radius 2 is 1.57 bits per heavy atom. The van der Waals surface area contributed by atoms with Crippen LogP contribution in [-0.2, 0) is 23.7 Å². The summed E-state index contributed by atoms with van der Waals surface area (Å²) < 4.78 is 0. The molecule has 6 aliphatic carbocycles. The molecule has 6 aliphatic rings. The van der Waals surface area contributed by atoms with E-state index in [2.05, 4.69) is 212 Å². The van der Waals surface area contributed by atoms with Crippen LogP contribution < -0.4 is 15.0 Å². The Balaban J connectivity index is 1.23. The fraction of sp³-hybridized carbons (Fsp3) is 0.365. The quantitative estimate of drug-likeness (QED) is 0.161. The third-order valence-corrected chi connectivity index (χ3v) is 16.2. The maximum Gasteiger partial charge on any atom is 0.0625 e. The topological polar surface area (TPSA) is 6.48 Å². The third-order valence-electron chi connectivity index (χ3n) is 16.2. The molecule has 65 heavy (non-hydrogen) atoms. The summed E-state index contributed by atoms with van der Waals surface area (Å²) in [6.45, 7) is 21.5. The van der Waals surface area contributed by atoms with E-state index in [0.29, 0.717) is 5.92 Å². The number of hydrogen-bond acceptors (Lipinski definition) is 2. The molecule has 4 atom stereocenters. The standard InChI is InChI=1S/C63H68N2/c1-10-40-37-57(65(47-31-27-45(28-32-47)62(5,6)7)55-24-16-20-42-18-12-14-22-49(42)55)52-39-53-58-43(35-36-63(53,8)9)38-56(51-34-33-50(40)59(52)60(51)58)64(46-29-25-44(26-30-46)61(2,3)4)54-23-15-19-41-17-11-13-21-48(41)54/h11-12,14-20,22-29,31-34,38-40,46,49,55H,10,13,21,30,35-37H2,1-9H3. The van der Waals surface area contributed by atoms with Gasteiger partial charge < -0.3 is 9.80 Å². The molecular formula is C63H68N2. The summed E-state index contributed by atoms with van der Waals surface area (Å²) in [6, 6.07) is 27.5. The van der Waals surface area contributed by atoms with Crippen LogP contribution in [0, 0.1) is 11.3 Å². The molecular weight excluding hydrogens is 785 g/mol. The summed E-state index contributed by atoms with van der Waals surface area (Å²) in [5, 5.41) is 7.35. The first-order valence-corrected chi connectivity index (χ1v) is 24.9. The Bertz CT molecular complexity index is 3030. The van der Waals surface area contributed by atoms with Crippen molar-refractivity contribution in [3.8, 4) is 0 Å². The molecule has 2 heteroatoms. The second kappa shape index (κ2) is 15.5. The molecule has 0 aliphatic heterocycles.